The lowest BCUT2D eigenvalue weighted by atomic mass is 10.1. The molecule has 0 amide bonds. The van der Waals surface area contributed by atoms with Crippen LogP contribution in [0.1, 0.15) is 60.3 Å². The fraction of sp³-hybridized carbons (Fsp3) is 0.583. The highest BCUT2D eigenvalue weighted by Gasteiger charge is 2.14. The number of methoxy groups -OCH3 is 1. The summed E-state index contributed by atoms with van der Waals surface area (Å²) in [6.45, 7) is 13.9. The van der Waals surface area contributed by atoms with Crippen LogP contribution in [0.4, 0.5) is 4.79 Å². The summed E-state index contributed by atoms with van der Waals surface area (Å²) in [6.07, 6.45) is 7.63. The van der Waals surface area contributed by atoms with Gasteiger partial charge in [-0.15, -0.1) is 0 Å². The van der Waals surface area contributed by atoms with Gasteiger partial charge < -0.3 is 23.7 Å². The standard InChI is InChI=1S/C24H38O7/c1-8-20(31-24(26)29-16-12-11-15-28-22(25)10-3)14-13-19(6)23(27-7)30-21(9-2)17-18(4)5/h8-9,13-14,18,23H,1,10-12,15-17H2,2-7H3. The highest BCUT2D eigenvalue weighted by Crippen LogP contribution is 2.18. The van der Waals surface area contributed by atoms with Crippen LogP contribution in [0.25, 0.3) is 0 Å². The third kappa shape index (κ3) is 14.2. The van der Waals surface area contributed by atoms with Gasteiger partial charge in [-0.05, 0) is 56.4 Å². The van der Waals surface area contributed by atoms with E-state index in [0.29, 0.717) is 31.8 Å². The number of carbonyl (C=O) groups is 2. The van der Waals surface area contributed by atoms with E-state index in [1.165, 1.54) is 6.08 Å². The summed E-state index contributed by atoms with van der Waals surface area (Å²) < 4.78 is 26.5. The zero-order valence-electron chi connectivity index (χ0n) is 19.8. The van der Waals surface area contributed by atoms with Crippen molar-refractivity contribution in [2.75, 3.05) is 20.3 Å². The van der Waals surface area contributed by atoms with Crippen LogP contribution in [0.5, 0.6) is 0 Å². The predicted octanol–water partition coefficient (Wildman–Crippen LogP) is 5.83. The lowest BCUT2D eigenvalue weighted by molar-refractivity contribution is -0.143. The number of rotatable bonds is 15. The zero-order valence-corrected chi connectivity index (χ0v) is 19.8. The third-order valence-electron chi connectivity index (χ3n) is 4.00. The minimum absolute atomic E-state index is 0.170. The van der Waals surface area contributed by atoms with E-state index in [4.69, 9.17) is 23.7 Å². The van der Waals surface area contributed by atoms with Crippen molar-refractivity contribution in [3.8, 4) is 0 Å². The van der Waals surface area contributed by atoms with Crippen molar-refractivity contribution in [2.24, 2.45) is 5.92 Å². The minimum atomic E-state index is -0.824. The minimum Gasteiger partial charge on any atom is -0.466 e. The first kappa shape index (κ1) is 28.5. The highest BCUT2D eigenvalue weighted by molar-refractivity contribution is 5.68. The predicted molar refractivity (Wildman–Crippen MR) is 120 cm³/mol. The maximum absolute atomic E-state index is 11.8. The van der Waals surface area contributed by atoms with Crippen LogP contribution in [0.3, 0.4) is 0 Å². The summed E-state index contributed by atoms with van der Waals surface area (Å²) in [6, 6.07) is 0. The second-order valence-corrected chi connectivity index (χ2v) is 7.20. The van der Waals surface area contributed by atoms with Gasteiger partial charge >= 0.3 is 12.1 Å². The topological polar surface area (TPSA) is 80.3 Å². The van der Waals surface area contributed by atoms with Crippen molar-refractivity contribution in [3.05, 3.63) is 48.0 Å². The van der Waals surface area contributed by atoms with Crippen LogP contribution in [0.2, 0.25) is 0 Å². The van der Waals surface area contributed by atoms with E-state index in [-0.39, 0.29) is 18.3 Å². The molecule has 1 atom stereocenters. The summed E-state index contributed by atoms with van der Waals surface area (Å²) in [7, 11) is 1.57. The molecule has 0 aromatic heterocycles. The maximum atomic E-state index is 11.8. The first-order chi connectivity index (χ1) is 14.8. The summed E-state index contributed by atoms with van der Waals surface area (Å²) in [4.78, 5) is 22.8. The number of allylic oxidation sites excluding steroid dienone is 5. The van der Waals surface area contributed by atoms with E-state index in [1.54, 1.807) is 26.2 Å². The second-order valence-electron chi connectivity index (χ2n) is 7.20. The summed E-state index contributed by atoms with van der Waals surface area (Å²) in [5.74, 6) is 1.31. The van der Waals surface area contributed by atoms with Crippen LogP contribution in [0.15, 0.2) is 48.0 Å². The first-order valence-corrected chi connectivity index (χ1v) is 10.6. The van der Waals surface area contributed by atoms with E-state index in [2.05, 4.69) is 20.4 Å². The van der Waals surface area contributed by atoms with Crippen molar-refractivity contribution in [1.82, 2.24) is 0 Å². The molecule has 0 spiro atoms. The molecule has 0 radical (unpaired) electrons. The van der Waals surface area contributed by atoms with Gasteiger partial charge in [0.1, 0.15) is 5.76 Å². The highest BCUT2D eigenvalue weighted by atomic mass is 16.7. The van der Waals surface area contributed by atoms with Gasteiger partial charge in [-0.2, -0.15) is 0 Å². The number of carbonyl (C=O) groups excluding carboxylic acids is 2. The van der Waals surface area contributed by atoms with Gasteiger partial charge in [0, 0.05) is 20.0 Å². The average Bonchev–Trinajstić information content (AvgIpc) is 2.75. The normalized spacial score (nSPS) is 13.6. The van der Waals surface area contributed by atoms with E-state index < -0.39 is 12.4 Å². The summed E-state index contributed by atoms with van der Waals surface area (Å²) in [5.41, 5.74) is 0.795. The Morgan fingerprint density at radius 2 is 1.71 bits per heavy atom. The number of hydrogen-bond donors (Lipinski definition) is 0. The van der Waals surface area contributed by atoms with Gasteiger partial charge in [-0.25, -0.2) is 4.79 Å². The molecule has 31 heavy (non-hydrogen) atoms. The third-order valence-corrected chi connectivity index (χ3v) is 4.00. The fourth-order valence-corrected chi connectivity index (χ4v) is 2.31. The quantitative estimate of drug-likeness (QED) is 0.105. The van der Waals surface area contributed by atoms with Gasteiger partial charge in [0.25, 0.3) is 0 Å². The molecule has 7 heteroatoms. The number of ether oxygens (including phenoxy) is 5. The Morgan fingerprint density at radius 3 is 2.23 bits per heavy atom. The van der Waals surface area contributed by atoms with E-state index in [1.807, 2.05) is 19.9 Å². The fourth-order valence-electron chi connectivity index (χ4n) is 2.31. The van der Waals surface area contributed by atoms with Crippen molar-refractivity contribution in [3.63, 3.8) is 0 Å². The lowest BCUT2D eigenvalue weighted by Crippen LogP contribution is -2.17. The van der Waals surface area contributed by atoms with E-state index in [9.17, 15) is 9.59 Å². The van der Waals surface area contributed by atoms with Crippen LogP contribution >= 0.6 is 0 Å². The second kappa shape index (κ2) is 17.2. The Morgan fingerprint density at radius 1 is 1.06 bits per heavy atom. The van der Waals surface area contributed by atoms with Crippen LogP contribution in [0, 0.1) is 5.92 Å². The van der Waals surface area contributed by atoms with Gasteiger partial charge in [-0.3, -0.25) is 4.79 Å². The molecule has 0 rings (SSSR count). The Hall–Kier alpha value is -2.54. The van der Waals surface area contributed by atoms with E-state index >= 15 is 0 Å². The molecule has 1 unspecified atom stereocenters. The van der Waals surface area contributed by atoms with Crippen molar-refractivity contribution >= 4 is 12.1 Å². The molecule has 0 bridgehead atoms. The van der Waals surface area contributed by atoms with Crippen molar-refractivity contribution in [1.29, 1.82) is 0 Å². The monoisotopic (exact) mass is 438 g/mol. The van der Waals surface area contributed by atoms with Crippen LogP contribution < -0.4 is 0 Å². The molecule has 0 saturated carbocycles. The van der Waals surface area contributed by atoms with E-state index in [0.717, 1.165) is 17.8 Å². The Kier molecular flexibility index (Phi) is 15.8. The summed E-state index contributed by atoms with van der Waals surface area (Å²) >= 11 is 0. The molecule has 0 aromatic rings. The number of hydrogen-bond acceptors (Lipinski definition) is 7. The van der Waals surface area contributed by atoms with Crippen LogP contribution in [-0.2, 0) is 28.5 Å². The molecule has 0 aliphatic carbocycles. The van der Waals surface area contributed by atoms with Gasteiger partial charge in [0.15, 0.2) is 0 Å². The molecule has 0 N–H and O–H groups in total. The van der Waals surface area contributed by atoms with Gasteiger partial charge in [-0.1, -0.05) is 33.4 Å². The molecule has 7 nitrogen and oxygen atoms in total. The van der Waals surface area contributed by atoms with Crippen LogP contribution in [-0.4, -0.2) is 38.7 Å². The molecule has 0 aliphatic heterocycles. The molecule has 0 aromatic carbocycles. The largest absolute Gasteiger partial charge is 0.513 e. The molecule has 0 aliphatic rings. The average molecular weight is 439 g/mol. The van der Waals surface area contributed by atoms with Gasteiger partial charge in [0.2, 0.25) is 6.29 Å². The molecular formula is C24H38O7. The molecule has 0 saturated heterocycles. The molecular weight excluding hydrogens is 400 g/mol. The van der Waals surface area contributed by atoms with Gasteiger partial charge in [0.05, 0.1) is 19.0 Å². The zero-order chi connectivity index (χ0) is 23.6. The molecule has 0 heterocycles. The number of unbranched alkanes of at least 4 members (excludes halogenated alkanes) is 1. The SMILES string of the molecule is C=CC(=CC=C(C)C(OC)OC(=CC)CC(C)C)OC(=O)OCCCCOC(=O)CC. The molecule has 0 fully saturated rings. The maximum Gasteiger partial charge on any atom is 0.513 e. The Bertz CT molecular complexity index is 644. The number of esters is 1. The summed E-state index contributed by atoms with van der Waals surface area (Å²) in [5, 5.41) is 0. The molecule has 176 valence electrons. The lowest BCUT2D eigenvalue weighted by Gasteiger charge is -2.21. The smallest absolute Gasteiger partial charge is 0.466 e. The Balaban J connectivity index is 4.62. The Labute approximate surface area is 186 Å². The first-order valence-electron chi connectivity index (χ1n) is 10.6. The van der Waals surface area contributed by atoms with Crippen molar-refractivity contribution < 1.29 is 33.3 Å². The van der Waals surface area contributed by atoms with Crippen molar-refractivity contribution in [2.45, 2.75) is 66.6 Å².